The van der Waals surface area contributed by atoms with E-state index in [1.165, 1.54) is 11.1 Å². The molecule has 0 atom stereocenters. The Morgan fingerprint density at radius 2 is 2.06 bits per heavy atom. The van der Waals surface area contributed by atoms with Crippen molar-refractivity contribution < 1.29 is 9.53 Å². The van der Waals surface area contributed by atoms with Crippen LogP contribution in [0.25, 0.3) is 0 Å². The molecule has 4 heteroatoms. The number of hydrogen-bond acceptors (Lipinski definition) is 3. The molecular weight excluding hydrogens is 228 g/mol. The Hall–Kier alpha value is -1.39. The van der Waals surface area contributed by atoms with Gasteiger partial charge in [-0.3, -0.25) is 4.79 Å². The van der Waals surface area contributed by atoms with Crippen LogP contribution in [0.4, 0.5) is 0 Å². The van der Waals surface area contributed by atoms with Gasteiger partial charge in [0.25, 0.3) is 5.91 Å². The van der Waals surface area contributed by atoms with Crippen molar-refractivity contribution >= 4 is 5.91 Å². The van der Waals surface area contributed by atoms with Crippen LogP contribution >= 0.6 is 0 Å². The molecule has 0 spiro atoms. The molecule has 0 radical (unpaired) electrons. The summed E-state index contributed by atoms with van der Waals surface area (Å²) in [6.07, 6.45) is 1.06. The van der Waals surface area contributed by atoms with E-state index < -0.39 is 0 Å². The largest absolute Gasteiger partial charge is 0.378 e. The van der Waals surface area contributed by atoms with Gasteiger partial charge in [-0.25, -0.2) is 0 Å². The Morgan fingerprint density at radius 3 is 2.89 bits per heavy atom. The van der Waals surface area contributed by atoms with Crippen LogP contribution < -0.4 is 5.32 Å². The summed E-state index contributed by atoms with van der Waals surface area (Å²) in [4.78, 5) is 14.2. The Morgan fingerprint density at radius 1 is 1.22 bits per heavy atom. The maximum absolute atomic E-state index is 12.3. The summed E-state index contributed by atoms with van der Waals surface area (Å²) < 4.78 is 5.27. The molecule has 3 rings (SSSR count). The van der Waals surface area contributed by atoms with Crippen LogP contribution in [0.5, 0.6) is 0 Å². The lowest BCUT2D eigenvalue weighted by atomic mass is 9.98. The monoisotopic (exact) mass is 246 g/mol. The van der Waals surface area contributed by atoms with E-state index in [-0.39, 0.29) is 5.91 Å². The quantitative estimate of drug-likeness (QED) is 0.797. The molecule has 4 nitrogen and oxygen atoms in total. The molecule has 1 saturated heterocycles. The van der Waals surface area contributed by atoms with Crippen molar-refractivity contribution in [3.05, 3.63) is 34.9 Å². The number of nitrogens with zero attached hydrogens (tertiary/aromatic N) is 1. The van der Waals surface area contributed by atoms with E-state index in [2.05, 4.69) is 11.4 Å². The fourth-order valence-electron chi connectivity index (χ4n) is 2.56. The SMILES string of the molecule is O=C(c1ccc2c(c1)CNCC2)N1CCOCC1. The Bertz CT molecular complexity index is 453. The van der Waals surface area contributed by atoms with Crippen LogP contribution in [0.3, 0.4) is 0 Å². The van der Waals surface area contributed by atoms with E-state index in [0.717, 1.165) is 25.1 Å². The van der Waals surface area contributed by atoms with Crippen LogP contribution in [0.2, 0.25) is 0 Å². The third kappa shape index (κ3) is 2.26. The number of benzene rings is 1. The molecule has 1 aromatic carbocycles. The maximum Gasteiger partial charge on any atom is 0.254 e. The van der Waals surface area contributed by atoms with Crippen LogP contribution in [0, 0.1) is 0 Å². The summed E-state index contributed by atoms with van der Waals surface area (Å²) >= 11 is 0. The van der Waals surface area contributed by atoms with E-state index >= 15 is 0 Å². The first-order valence-electron chi connectivity index (χ1n) is 6.54. The fourth-order valence-corrected chi connectivity index (χ4v) is 2.56. The van der Waals surface area contributed by atoms with Crippen molar-refractivity contribution in [1.82, 2.24) is 10.2 Å². The third-order valence-corrected chi connectivity index (χ3v) is 3.64. The van der Waals surface area contributed by atoms with E-state index in [1.807, 2.05) is 17.0 Å². The molecule has 0 bridgehead atoms. The molecule has 18 heavy (non-hydrogen) atoms. The number of ether oxygens (including phenoxy) is 1. The van der Waals surface area contributed by atoms with Crippen molar-refractivity contribution in [2.24, 2.45) is 0 Å². The zero-order chi connectivity index (χ0) is 12.4. The highest BCUT2D eigenvalue weighted by Gasteiger charge is 2.19. The van der Waals surface area contributed by atoms with Gasteiger partial charge in [0, 0.05) is 25.2 Å². The topological polar surface area (TPSA) is 41.6 Å². The van der Waals surface area contributed by atoms with E-state index in [4.69, 9.17) is 4.74 Å². The summed E-state index contributed by atoms with van der Waals surface area (Å²) in [5, 5.41) is 3.34. The van der Waals surface area contributed by atoms with Crippen LogP contribution in [-0.2, 0) is 17.7 Å². The second-order valence-electron chi connectivity index (χ2n) is 4.81. The molecule has 2 aliphatic rings. The highest BCUT2D eigenvalue weighted by molar-refractivity contribution is 5.94. The van der Waals surface area contributed by atoms with Crippen molar-refractivity contribution in [1.29, 1.82) is 0 Å². The van der Waals surface area contributed by atoms with Gasteiger partial charge >= 0.3 is 0 Å². The molecule has 1 amide bonds. The van der Waals surface area contributed by atoms with Crippen LogP contribution in [-0.4, -0.2) is 43.7 Å². The van der Waals surface area contributed by atoms with Gasteiger partial charge in [0.2, 0.25) is 0 Å². The van der Waals surface area contributed by atoms with Crippen molar-refractivity contribution in [2.45, 2.75) is 13.0 Å². The van der Waals surface area contributed by atoms with Gasteiger partial charge in [0.15, 0.2) is 0 Å². The summed E-state index contributed by atoms with van der Waals surface area (Å²) in [6, 6.07) is 6.10. The second kappa shape index (κ2) is 5.08. The molecule has 2 heterocycles. The predicted molar refractivity (Wildman–Crippen MR) is 68.6 cm³/mol. The Labute approximate surface area is 107 Å². The van der Waals surface area contributed by atoms with Gasteiger partial charge in [0.1, 0.15) is 0 Å². The molecule has 1 N–H and O–H groups in total. The van der Waals surface area contributed by atoms with E-state index in [9.17, 15) is 4.79 Å². The fraction of sp³-hybridized carbons (Fsp3) is 0.500. The molecule has 1 aromatic rings. The molecule has 2 aliphatic heterocycles. The lowest BCUT2D eigenvalue weighted by Crippen LogP contribution is -2.40. The Kier molecular flexibility index (Phi) is 3.30. The van der Waals surface area contributed by atoms with Gasteiger partial charge in [-0.15, -0.1) is 0 Å². The number of fused-ring (bicyclic) bond motifs is 1. The number of carbonyl (C=O) groups is 1. The first kappa shape index (κ1) is 11.7. The number of rotatable bonds is 1. The Balaban J connectivity index is 1.80. The minimum Gasteiger partial charge on any atom is -0.378 e. The van der Waals surface area contributed by atoms with Crippen molar-refractivity contribution in [3.63, 3.8) is 0 Å². The first-order valence-corrected chi connectivity index (χ1v) is 6.54. The normalized spacial score (nSPS) is 19.4. The molecule has 0 aliphatic carbocycles. The summed E-state index contributed by atoms with van der Waals surface area (Å²) in [7, 11) is 0. The predicted octanol–water partition coefficient (Wildman–Crippen LogP) is 0.805. The molecule has 0 saturated carbocycles. The molecule has 1 fully saturated rings. The average Bonchev–Trinajstić information content (AvgIpc) is 2.47. The van der Waals surface area contributed by atoms with Gasteiger partial charge in [0.05, 0.1) is 13.2 Å². The first-order chi connectivity index (χ1) is 8.84. The van der Waals surface area contributed by atoms with Crippen LogP contribution in [0.15, 0.2) is 18.2 Å². The minimum absolute atomic E-state index is 0.131. The van der Waals surface area contributed by atoms with Crippen LogP contribution in [0.1, 0.15) is 21.5 Å². The van der Waals surface area contributed by atoms with Gasteiger partial charge in [-0.05, 0) is 36.2 Å². The highest BCUT2D eigenvalue weighted by Crippen LogP contribution is 2.17. The zero-order valence-corrected chi connectivity index (χ0v) is 10.4. The zero-order valence-electron chi connectivity index (χ0n) is 10.4. The minimum atomic E-state index is 0.131. The number of morpholine rings is 1. The molecule has 0 aromatic heterocycles. The highest BCUT2D eigenvalue weighted by atomic mass is 16.5. The number of hydrogen-bond donors (Lipinski definition) is 1. The lowest BCUT2D eigenvalue weighted by molar-refractivity contribution is 0.0303. The molecular formula is C14H18N2O2. The molecule has 96 valence electrons. The van der Waals surface area contributed by atoms with E-state index in [1.54, 1.807) is 0 Å². The molecule has 0 unspecified atom stereocenters. The standard InChI is InChI=1S/C14H18N2O2/c17-14(16-5-7-18-8-6-16)12-2-1-11-3-4-15-10-13(11)9-12/h1-2,9,15H,3-8,10H2. The van der Waals surface area contributed by atoms with Gasteiger partial charge in [-0.1, -0.05) is 6.07 Å². The summed E-state index contributed by atoms with van der Waals surface area (Å²) in [6.45, 7) is 4.61. The number of amides is 1. The van der Waals surface area contributed by atoms with Gasteiger partial charge < -0.3 is 15.0 Å². The van der Waals surface area contributed by atoms with Crippen molar-refractivity contribution in [3.8, 4) is 0 Å². The lowest BCUT2D eigenvalue weighted by Gasteiger charge is -2.27. The smallest absolute Gasteiger partial charge is 0.254 e. The summed E-state index contributed by atoms with van der Waals surface area (Å²) in [5.74, 6) is 0.131. The van der Waals surface area contributed by atoms with Gasteiger partial charge in [-0.2, -0.15) is 0 Å². The van der Waals surface area contributed by atoms with E-state index in [0.29, 0.717) is 26.3 Å². The number of nitrogens with one attached hydrogen (secondary N) is 1. The van der Waals surface area contributed by atoms with Crippen molar-refractivity contribution in [2.75, 3.05) is 32.8 Å². The average molecular weight is 246 g/mol. The number of carbonyl (C=O) groups excluding carboxylic acids is 1. The second-order valence-corrected chi connectivity index (χ2v) is 4.81. The maximum atomic E-state index is 12.3. The third-order valence-electron chi connectivity index (χ3n) is 3.64. The summed E-state index contributed by atoms with van der Waals surface area (Å²) in [5.41, 5.74) is 3.44.